The number of nitrogens with one attached hydrogen (secondary N) is 1. The molecule has 4 aromatic rings. The van der Waals surface area contributed by atoms with Gasteiger partial charge in [0.25, 0.3) is 0 Å². The normalized spacial score (nSPS) is 11.0. The van der Waals surface area contributed by atoms with Crippen molar-refractivity contribution >= 4 is 39.7 Å². The zero-order valence-corrected chi connectivity index (χ0v) is 19.3. The monoisotopic (exact) mass is 446 g/mol. The second-order valence-corrected chi connectivity index (χ2v) is 8.25. The third kappa shape index (κ3) is 4.94. The number of rotatable bonds is 8. The van der Waals surface area contributed by atoms with Gasteiger partial charge in [-0.1, -0.05) is 23.7 Å². The summed E-state index contributed by atoms with van der Waals surface area (Å²) in [5, 5.41) is 5.18. The lowest BCUT2D eigenvalue weighted by atomic mass is 10.1. The van der Waals surface area contributed by atoms with Crippen molar-refractivity contribution in [2.24, 2.45) is 0 Å². The third-order valence-corrected chi connectivity index (χ3v) is 5.54. The average Bonchev–Trinajstić information content (AvgIpc) is 2.80. The molecule has 0 aliphatic carbocycles. The van der Waals surface area contributed by atoms with Crippen LogP contribution in [0.25, 0.3) is 10.9 Å². The van der Waals surface area contributed by atoms with E-state index in [0.29, 0.717) is 19.2 Å². The third-order valence-electron chi connectivity index (χ3n) is 5.29. The van der Waals surface area contributed by atoms with E-state index in [-0.39, 0.29) is 0 Å². The van der Waals surface area contributed by atoms with Crippen LogP contribution in [-0.4, -0.2) is 22.6 Å². The van der Waals surface area contributed by atoms with Gasteiger partial charge < -0.3 is 15.0 Å². The average molecular weight is 447 g/mol. The number of nitrogens with zero attached hydrogens (tertiary/aromatic N) is 3. The van der Waals surface area contributed by atoms with Crippen LogP contribution < -0.4 is 15.0 Å². The lowest BCUT2D eigenvalue weighted by molar-refractivity contribution is 0.336. The Morgan fingerprint density at radius 2 is 1.78 bits per heavy atom. The van der Waals surface area contributed by atoms with Crippen LogP contribution in [-0.2, 0) is 6.54 Å². The van der Waals surface area contributed by atoms with E-state index in [1.54, 1.807) is 6.33 Å². The predicted molar refractivity (Wildman–Crippen MR) is 133 cm³/mol. The maximum Gasteiger partial charge on any atom is 0.141 e. The first-order valence-corrected chi connectivity index (χ1v) is 11.2. The van der Waals surface area contributed by atoms with E-state index >= 15 is 0 Å². The van der Waals surface area contributed by atoms with Crippen LogP contribution >= 0.6 is 11.6 Å². The molecule has 3 aromatic carbocycles. The number of anilines is 3. The number of aromatic nitrogens is 2. The van der Waals surface area contributed by atoms with Crippen molar-refractivity contribution in [3.8, 4) is 5.75 Å². The molecule has 0 saturated carbocycles. The van der Waals surface area contributed by atoms with Crippen LogP contribution in [0.15, 0.2) is 73.1 Å². The Hall–Kier alpha value is -3.31. The number of fused-ring (bicyclic) bond motifs is 1. The minimum absolute atomic E-state index is 0.299. The van der Waals surface area contributed by atoms with Crippen LogP contribution in [0.5, 0.6) is 5.75 Å². The zero-order valence-electron chi connectivity index (χ0n) is 18.5. The molecule has 0 radical (unpaired) electrons. The number of para-hydroxylation sites is 1. The van der Waals surface area contributed by atoms with Crippen molar-refractivity contribution in [2.75, 3.05) is 16.8 Å². The van der Waals surface area contributed by atoms with Crippen molar-refractivity contribution in [3.63, 3.8) is 0 Å². The lowest BCUT2D eigenvalue weighted by Gasteiger charge is -2.30. The Morgan fingerprint density at radius 1 is 1.00 bits per heavy atom. The van der Waals surface area contributed by atoms with Crippen molar-refractivity contribution in [1.29, 1.82) is 0 Å². The molecule has 1 aromatic heterocycles. The molecule has 0 unspecified atom stereocenters. The first-order chi connectivity index (χ1) is 15.5. The lowest BCUT2D eigenvalue weighted by Crippen LogP contribution is -2.30. The van der Waals surface area contributed by atoms with E-state index in [0.717, 1.165) is 44.4 Å². The summed E-state index contributed by atoms with van der Waals surface area (Å²) in [5.41, 5.74) is 4.07. The zero-order chi connectivity index (χ0) is 22.5. The van der Waals surface area contributed by atoms with Crippen molar-refractivity contribution < 1.29 is 4.74 Å². The SMILES string of the molecule is CCOc1ccc(Nc2ncnc3ccccc23)cc1CN(c1ccc(Cl)cc1)C(C)C. The molecule has 0 amide bonds. The van der Waals surface area contributed by atoms with Gasteiger partial charge >= 0.3 is 0 Å². The van der Waals surface area contributed by atoms with Gasteiger partial charge in [-0.05, 0) is 75.4 Å². The van der Waals surface area contributed by atoms with Gasteiger partial charge in [0, 0.05) is 39.9 Å². The predicted octanol–water partition coefficient (Wildman–Crippen LogP) is 6.84. The molecule has 6 heteroatoms. The summed E-state index contributed by atoms with van der Waals surface area (Å²) >= 11 is 6.10. The molecule has 4 rings (SSSR count). The summed E-state index contributed by atoms with van der Waals surface area (Å²) in [6.45, 7) is 7.68. The van der Waals surface area contributed by atoms with Gasteiger partial charge in [-0.25, -0.2) is 9.97 Å². The number of ether oxygens (including phenoxy) is 1. The quantitative estimate of drug-likeness (QED) is 0.321. The van der Waals surface area contributed by atoms with Crippen LogP contribution in [0.1, 0.15) is 26.3 Å². The van der Waals surface area contributed by atoms with E-state index in [2.05, 4.69) is 52.2 Å². The first kappa shape index (κ1) is 21.9. The summed E-state index contributed by atoms with van der Waals surface area (Å²) in [5.74, 6) is 1.66. The largest absolute Gasteiger partial charge is 0.494 e. The van der Waals surface area contributed by atoms with E-state index < -0.39 is 0 Å². The highest BCUT2D eigenvalue weighted by molar-refractivity contribution is 6.30. The maximum atomic E-state index is 6.10. The van der Waals surface area contributed by atoms with E-state index in [9.17, 15) is 0 Å². The molecular formula is C26H27ClN4O. The van der Waals surface area contributed by atoms with Crippen molar-refractivity contribution in [3.05, 3.63) is 83.6 Å². The van der Waals surface area contributed by atoms with E-state index in [1.807, 2.05) is 55.5 Å². The fourth-order valence-electron chi connectivity index (χ4n) is 3.71. The van der Waals surface area contributed by atoms with E-state index in [4.69, 9.17) is 16.3 Å². The molecule has 0 spiro atoms. The summed E-state index contributed by atoms with van der Waals surface area (Å²) in [4.78, 5) is 11.1. The van der Waals surface area contributed by atoms with Crippen LogP contribution in [0, 0.1) is 0 Å². The Balaban J connectivity index is 1.67. The second-order valence-electron chi connectivity index (χ2n) is 7.82. The number of benzene rings is 3. The minimum atomic E-state index is 0.299. The molecule has 0 aliphatic rings. The molecular weight excluding hydrogens is 420 g/mol. The smallest absolute Gasteiger partial charge is 0.141 e. The molecule has 32 heavy (non-hydrogen) atoms. The van der Waals surface area contributed by atoms with Crippen LogP contribution in [0.3, 0.4) is 0 Å². The molecule has 1 heterocycles. The van der Waals surface area contributed by atoms with Gasteiger partial charge in [-0.3, -0.25) is 0 Å². The number of hydrogen-bond acceptors (Lipinski definition) is 5. The highest BCUT2D eigenvalue weighted by Crippen LogP contribution is 2.30. The van der Waals surface area contributed by atoms with Gasteiger partial charge in [0.1, 0.15) is 17.9 Å². The Kier molecular flexibility index (Phi) is 6.76. The van der Waals surface area contributed by atoms with Crippen molar-refractivity contribution in [2.45, 2.75) is 33.4 Å². The van der Waals surface area contributed by atoms with Gasteiger partial charge in [0.2, 0.25) is 0 Å². The summed E-state index contributed by atoms with van der Waals surface area (Å²) in [6.07, 6.45) is 1.58. The molecule has 0 atom stereocenters. The van der Waals surface area contributed by atoms with Gasteiger partial charge in [-0.2, -0.15) is 0 Å². The number of halogens is 1. The minimum Gasteiger partial charge on any atom is -0.494 e. The molecule has 0 saturated heterocycles. The highest BCUT2D eigenvalue weighted by atomic mass is 35.5. The highest BCUT2D eigenvalue weighted by Gasteiger charge is 2.15. The summed E-state index contributed by atoms with van der Waals surface area (Å²) in [6, 6.07) is 22.4. The topological polar surface area (TPSA) is 50.3 Å². The second kappa shape index (κ2) is 9.88. The fourth-order valence-corrected chi connectivity index (χ4v) is 3.83. The summed E-state index contributed by atoms with van der Waals surface area (Å²) in [7, 11) is 0. The molecule has 164 valence electrons. The Morgan fingerprint density at radius 3 is 2.53 bits per heavy atom. The molecule has 5 nitrogen and oxygen atoms in total. The maximum absolute atomic E-state index is 6.10. The van der Waals surface area contributed by atoms with Crippen LogP contribution in [0.2, 0.25) is 5.02 Å². The van der Waals surface area contributed by atoms with Crippen LogP contribution in [0.4, 0.5) is 17.2 Å². The standard InChI is InChI=1S/C26H27ClN4O/c1-4-32-25-14-11-21(30-26-23-7-5-6-8-24(23)28-17-29-26)15-19(25)16-31(18(2)3)22-12-9-20(27)10-13-22/h5-15,17-18H,4,16H2,1-3H3,(H,28,29,30). The Labute approximate surface area is 194 Å². The molecule has 1 N–H and O–H groups in total. The van der Waals surface area contributed by atoms with Gasteiger partial charge in [0.15, 0.2) is 0 Å². The van der Waals surface area contributed by atoms with Gasteiger partial charge in [-0.15, -0.1) is 0 Å². The first-order valence-electron chi connectivity index (χ1n) is 10.8. The molecule has 0 bridgehead atoms. The number of hydrogen-bond donors (Lipinski definition) is 1. The summed E-state index contributed by atoms with van der Waals surface area (Å²) < 4.78 is 5.95. The Bertz CT molecular complexity index is 1190. The molecule has 0 fully saturated rings. The molecule has 0 aliphatic heterocycles. The van der Waals surface area contributed by atoms with E-state index in [1.165, 1.54) is 0 Å². The van der Waals surface area contributed by atoms with Crippen molar-refractivity contribution in [1.82, 2.24) is 9.97 Å². The van der Waals surface area contributed by atoms with Gasteiger partial charge in [0.05, 0.1) is 12.1 Å². The fraction of sp³-hybridized carbons (Fsp3) is 0.231.